The summed E-state index contributed by atoms with van der Waals surface area (Å²) in [6.45, 7) is 6.93. The van der Waals surface area contributed by atoms with Crippen molar-refractivity contribution in [1.29, 1.82) is 0 Å². The van der Waals surface area contributed by atoms with Crippen LogP contribution in [-0.2, 0) is 30.1 Å². The standard InChI is InChI=1S/C10H20O2S.C8H17.2C2H6OS.Sn/c1-8(2)6-4-3-5-7-9(13)10(11)12;1-3-5-7-8-6-4-2;2*3-1-2-4;/h8-9,13H,3-7H2,1-2H3,(H,11,12);1,3-8H2,2H3;2*3-4H,1-2H2;/q;;;;+3/p-3. The maximum absolute atomic E-state index is 10.3. The Morgan fingerprint density at radius 1 is 0.900 bits per heavy atom. The summed E-state index contributed by atoms with van der Waals surface area (Å²) in [5.41, 5.74) is 0. The van der Waals surface area contributed by atoms with Crippen LogP contribution in [0.4, 0.5) is 0 Å². The van der Waals surface area contributed by atoms with Gasteiger partial charge in [-0.1, -0.05) is 39.5 Å². The number of unbranched alkanes of at least 4 members (excludes halogenated alkanes) is 7. The average molecular weight is 590 g/mol. The van der Waals surface area contributed by atoms with E-state index in [1.54, 1.807) is 22.5 Å². The number of hydrogen-bond donors (Lipinski definition) is 3. The van der Waals surface area contributed by atoms with E-state index in [2.05, 4.69) is 58.7 Å². The van der Waals surface area contributed by atoms with Crippen LogP contribution in [0.5, 0.6) is 0 Å². The van der Waals surface area contributed by atoms with Gasteiger partial charge < -0.3 is 45.4 Å². The van der Waals surface area contributed by atoms with Crippen molar-refractivity contribution in [3.63, 3.8) is 0 Å². The fourth-order valence-corrected chi connectivity index (χ4v) is 2.99. The van der Waals surface area contributed by atoms with Crippen molar-refractivity contribution in [2.24, 2.45) is 5.92 Å². The Hall–Kier alpha value is 1.24. The zero-order chi connectivity index (χ0) is 24.0. The molecule has 8 heteroatoms. The first kappa shape index (κ1) is 38.5. The Kier molecular flexibility index (Phi) is 48.2. The molecule has 0 aliphatic heterocycles. The Morgan fingerprint density at radius 3 is 1.67 bits per heavy atom. The van der Waals surface area contributed by atoms with Crippen LogP contribution in [-0.4, -0.2) is 68.7 Å². The number of aliphatic carboxylic acids is 1. The first-order valence-electron chi connectivity index (χ1n) is 11.2. The SMILES string of the molecule is CC(C)CCCCCC(S)C(=O)[O-].CCCCCCC[CH2][Sn+3].OCC[S-].OCC[S-]. The van der Waals surface area contributed by atoms with Crippen LogP contribution in [0, 0.1) is 5.92 Å². The molecule has 0 bridgehead atoms. The molecule has 0 aliphatic carbocycles. The molecular formula is C22H46O4S3Sn. The van der Waals surface area contributed by atoms with Crippen molar-refractivity contribution < 1.29 is 20.1 Å². The van der Waals surface area contributed by atoms with Crippen LogP contribution in [0.25, 0.3) is 0 Å². The topological polar surface area (TPSA) is 80.6 Å². The van der Waals surface area contributed by atoms with Crippen molar-refractivity contribution in [1.82, 2.24) is 0 Å². The predicted molar refractivity (Wildman–Crippen MR) is 138 cm³/mol. The first-order chi connectivity index (χ1) is 14.3. The molecule has 30 heavy (non-hydrogen) atoms. The summed E-state index contributed by atoms with van der Waals surface area (Å²) in [6, 6.07) is 0. The van der Waals surface area contributed by atoms with Gasteiger partial charge in [-0.3, -0.25) is 0 Å². The van der Waals surface area contributed by atoms with E-state index in [4.69, 9.17) is 10.2 Å². The molecule has 0 radical (unpaired) electrons. The summed E-state index contributed by atoms with van der Waals surface area (Å²) >= 11 is 14.2. The van der Waals surface area contributed by atoms with Crippen LogP contribution in [0.1, 0.15) is 91.4 Å². The van der Waals surface area contributed by atoms with E-state index in [-0.39, 0.29) is 13.2 Å². The molecule has 1 atom stereocenters. The second-order valence-corrected chi connectivity index (χ2v) is 10.1. The molecule has 0 rings (SSSR count). The molecule has 0 aliphatic rings. The normalized spacial score (nSPS) is 10.8. The molecule has 1 unspecified atom stereocenters. The molecule has 0 saturated heterocycles. The van der Waals surface area contributed by atoms with Crippen LogP contribution >= 0.6 is 12.6 Å². The van der Waals surface area contributed by atoms with Crippen LogP contribution in [0.15, 0.2) is 0 Å². The molecule has 2 N–H and O–H groups in total. The number of carbonyl (C=O) groups is 1. The van der Waals surface area contributed by atoms with E-state index in [9.17, 15) is 9.90 Å². The molecule has 180 valence electrons. The molecule has 0 fully saturated rings. The fourth-order valence-electron chi connectivity index (χ4n) is 2.09. The van der Waals surface area contributed by atoms with Crippen LogP contribution < -0.4 is 5.11 Å². The second-order valence-electron chi connectivity index (χ2n) is 7.24. The minimum atomic E-state index is -1.05. The number of carboxylic acid groups (broad SMARTS) is 1. The molecule has 4 nitrogen and oxygen atoms in total. The van der Waals surface area contributed by atoms with Crippen molar-refractivity contribution in [3.8, 4) is 0 Å². The minimum Gasteiger partial charge on any atom is -0.790 e. The summed E-state index contributed by atoms with van der Waals surface area (Å²) in [4.78, 5) is 10.3. The molecule has 0 aromatic rings. The van der Waals surface area contributed by atoms with Gasteiger partial charge in [0.15, 0.2) is 0 Å². The van der Waals surface area contributed by atoms with Gasteiger partial charge in [-0.25, -0.2) is 0 Å². The van der Waals surface area contributed by atoms with Gasteiger partial charge in [0.25, 0.3) is 0 Å². The molecular weight excluding hydrogens is 543 g/mol. The zero-order valence-electron chi connectivity index (χ0n) is 19.4. The Bertz CT molecular complexity index is 286. The van der Waals surface area contributed by atoms with Gasteiger partial charge in [-0.2, -0.15) is 24.1 Å². The second kappa shape index (κ2) is 37.5. The number of carbonyl (C=O) groups excluding carboxylic acids is 1. The molecule has 0 spiro atoms. The first-order valence-corrected chi connectivity index (χ1v) is 14.9. The zero-order valence-corrected chi connectivity index (χ0v) is 24.8. The van der Waals surface area contributed by atoms with Gasteiger partial charge in [0.1, 0.15) is 0 Å². The Balaban J connectivity index is -0.000000171. The van der Waals surface area contributed by atoms with Gasteiger partial charge in [-0.05, 0) is 12.3 Å². The van der Waals surface area contributed by atoms with Gasteiger partial charge in [0.2, 0.25) is 0 Å². The van der Waals surface area contributed by atoms with Crippen LogP contribution in [0.2, 0.25) is 4.44 Å². The van der Waals surface area contributed by atoms with Gasteiger partial charge in [0.05, 0.1) is 5.97 Å². The number of rotatable bonds is 15. The third kappa shape index (κ3) is 51.7. The number of carboxylic acids is 1. The molecule has 0 amide bonds. The van der Waals surface area contributed by atoms with Crippen molar-refractivity contribution in [3.05, 3.63) is 0 Å². The third-order valence-corrected chi connectivity index (χ3v) is 5.59. The van der Waals surface area contributed by atoms with E-state index in [0.29, 0.717) is 17.9 Å². The third-order valence-electron chi connectivity index (χ3n) is 3.74. The monoisotopic (exact) mass is 590 g/mol. The van der Waals surface area contributed by atoms with Gasteiger partial charge in [0, 0.05) is 18.5 Å². The molecule has 0 saturated carbocycles. The number of aliphatic hydroxyl groups is 2. The maximum Gasteiger partial charge on any atom is 0.0213 e. The molecule has 0 aromatic heterocycles. The molecule has 0 aromatic carbocycles. The quantitative estimate of drug-likeness (QED) is 0.117. The van der Waals surface area contributed by atoms with E-state index in [0.717, 1.165) is 18.8 Å². The van der Waals surface area contributed by atoms with Crippen molar-refractivity contribution >= 4 is 66.4 Å². The van der Waals surface area contributed by atoms with Gasteiger partial charge in [-0.15, -0.1) is 0 Å². The largest absolute Gasteiger partial charge is 0.790 e. The molecule has 0 heterocycles. The van der Waals surface area contributed by atoms with E-state index >= 15 is 0 Å². The van der Waals surface area contributed by atoms with Crippen LogP contribution in [0.3, 0.4) is 0 Å². The summed E-state index contributed by atoms with van der Waals surface area (Å²) in [6.07, 6.45) is 13.8. The predicted octanol–water partition coefficient (Wildman–Crippen LogP) is 3.63. The number of thiol groups is 1. The van der Waals surface area contributed by atoms with E-state index < -0.39 is 11.2 Å². The Labute approximate surface area is 217 Å². The van der Waals surface area contributed by atoms with Crippen molar-refractivity contribution in [2.45, 2.75) is 101 Å². The van der Waals surface area contributed by atoms with E-state index in [1.807, 2.05) is 0 Å². The average Bonchev–Trinajstić information content (AvgIpc) is 2.73. The fraction of sp³-hybridized carbons (Fsp3) is 0.955. The smallest absolute Gasteiger partial charge is 0.0213 e. The maximum atomic E-state index is 10.3. The summed E-state index contributed by atoms with van der Waals surface area (Å²) in [5.74, 6) is 0.611. The van der Waals surface area contributed by atoms with Crippen molar-refractivity contribution in [2.75, 3.05) is 24.7 Å². The summed E-state index contributed by atoms with van der Waals surface area (Å²) < 4.78 is 1.46. The number of hydrogen-bond acceptors (Lipinski definition) is 7. The summed E-state index contributed by atoms with van der Waals surface area (Å²) in [5, 5.41) is 25.2. The minimum absolute atomic E-state index is 0.134. The Morgan fingerprint density at radius 2 is 1.30 bits per heavy atom. The van der Waals surface area contributed by atoms with Gasteiger partial charge >= 0.3 is 72.4 Å². The number of aliphatic hydroxyl groups excluding tert-OH is 2. The summed E-state index contributed by atoms with van der Waals surface area (Å²) in [7, 11) is 0. The van der Waals surface area contributed by atoms with E-state index in [1.165, 1.54) is 55.8 Å².